The van der Waals surface area contributed by atoms with Crippen molar-refractivity contribution in [1.82, 2.24) is 0 Å². The summed E-state index contributed by atoms with van der Waals surface area (Å²) in [5.41, 5.74) is 7.08. The molecule has 13 heteroatoms. The summed E-state index contributed by atoms with van der Waals surface area (Å²) in [6.45, 7) is 0. The number of phenols is 1. The van der Waals surface area contributed by atoms with E-state index in [2.05, 4.69) is 25.3 Å². The smallest absolute Gasteiger partial charge is 0.299 e. The van der Waals surface area contributed by atoms with Crippen LogP contribution in [0.25, 0.3) is 10.8 Å². The summed E-state index contributed by atoms with van der Waals surface area (Å²) >= 11 is 0.748. The molecule has 0 saturated heterocycles. The van der Waals surface area contributed by atoms with E-state index in [9.17, 15) is 13.5 Å². The Morgan fingerprint density at radius 2 is 1.41 bits per heavy atom. The Hall–Kier alpha value is -3.88. The number of nitrogens with zero attached hydrogens (tertiary/aromatic N) is 4. The molecule has 4 aromatic rings. The van der Waals surface area contributed by atoms with E-state index in [1.54, 1.807) is 54.6 Å². The van der Waals surface area contributed by atoms with Crippen LogP contribution < -0.4 is 5.73 Å². The molecule has 11 nitrogen and oxygen atoms in total. The number of aromatic hydroxyl groups is 1. The minimum absolute atomic E-state index is 0.0263. The molecule has 0 atom stereocenters. The molecule has 0 radical (unpaired) electrons. The van der Waals surface area contributed by atoms with Crippen LogP contribution in [0.5, 0.6) is 5.75 Å². The van der Waals surface area contributed by atoms with Crippen molar-refractivity contribution in [3.05, 3.63) is 72.8 Å². The molecule has 0 aliphatic heterocycles. The molecule has 0 fully saturated rings. The maximum Gasteiger partial charge on any atom is 0.299 e. The molecule has 0 aromatic heterocycles. The van der Waals surface area contributed by atoms with Crippen LogP contribution in [-0.2, 0) is 23.5 Å². The molecule has 0 aliphatic carbocycles. The molecule has 0 aliphatic rings. The molecular weight excluding hydrogens is 518 g/mol. The van der Waals surface area contributed by atoms with E-state index in [0.29, 0.717) is 11.4 Å². The van der Waals surface area contributed by atoms with E-state index in [4.69, 9.17) is 14.3 Å². The zero-order valence-corrected chi connectivity index (χ0v) is 21.2. The number of rotatable bonds is 9. The Balaban J connectivity index is 1.98. The van der Waals surface area contributed by atoms with Gasteiger partial charge in [-0.3, -0.25) is 4.18 Å². The van der Waals surface area contributed by atoms with Crippen molar-refractivity contribution in [2.45, 2.75) is 9.79 Å². The molecule has 0 saturated carbocycles. The lowest BCUT2D eigenvalue weighted by Crippen LogP contribution is -2.05. The maximum atomic E-state index is 12.8. The molecule has 0 spiro atoms. The number of azo groups is 2. The minimum atomic E-state index is -4.27. The topological polar surface area (TPSA) is 158 Å². The highest BCUT2D eigenvalue weighted by Gasteiger charge is 2.26. The summed E-state index contributed by atoms with van der Waals surface area (Å²) in [6.07, 6.45) is 0. The van der Waals surface area contributed by atoms with E-state index in [-0.39, 0.29) is 43.4 Å². The standard InChI is InChI=1S/C24H21N5O6S2/c1-33-35-36-18-13-15-14-19(37(31,32)34-2)23(29-27-17-11-7-4-8-12-17)21(25)20(15)24(30)22(18)28-26-16-9-5-3-6-10-16/h3-14,30H,25H2,1-2H3. The Bertz CT molecular complexity index is 1580. The van der Waals surface area contributed by atoms with Crippen LogP contribution in [-0.4, -0.2) is 27.7 Å². The highest BCUT2D eigenvalue weighted by molar-refractivity contribution is 7.94. The number of anilines is 1. The first-order valence-electron chi connectivity index (χ1n) is 10.6. The number of hydrogen-bond donors (Lipinski definition) is 2. The van der Waals surface area contributed by atoms with Crippen LogP contribution in [0.4, 0.5) is 28.4 Å². The van der Waals surface area contributed by atoms with E-state index in [1.807, 2.05) is 6.07 Å². The normalized spacial score (nSPS) is 12.2. The second kappa shape index (κ2) is 11.5. The summed E-state index contributed by atoms with van der Waals surface area (Å²) < 4.78 is 35.2. The molecule has 4 rings (SSSR count). The lowest BCUT2D eigenvalue weighted by Gasteiger charge is -2.15. The third kappa shape index (κ3) is 5.76. The Labute approximate surface area is 216 Å². The molecule has 0 amide bonds. The Kier molecular flexibility index (Phi) is 8.11. The van der Waals surface area contributed by atoms with E-state index in [1.165, 1.54) is 19.2 Å². The average molecular weight is 540 g/mol. The Morgan fingerprint density at radius 1 is 0.838 bits per heavy atom. The van der Waals surface area contributed by atoms with E-state index in [0.717, 1.165) is 19.2 Å². The fourth-order valence-electron chi connectivity index (χ4n) is 3.33. The van der Waals surface area contributed by atoms with E-state index < -0.39 is 10.1 Å². The highest BCUT2D eigenvalue weighted by atomic mass is 32.2. The maximum absolute atomic E-state index is 12.8. The number of nitrogen functional groups attached to an aromatic ring is 1. The van der Waals surface area contributed by atoms with Crippen molar-refractivity contribution >= 4 is 61.4 Å². The second-order valence-corrected chi connectivity index (χ2v) is 9.74. The predicted molar refractivity (Wildman–Crippen MR) is 139 cm³/mol. The van der Waals surface area contributed by atoms with Gasteiger partial charge in [-0.05, 0) is 41.8 Å². The molecule has 37 heavy (non-hydrogen) atoms. The second-order valence-electron chi connectivity index (χ2n) is 7.32. The summed E-state index contributed by atoms with van der Waals surface area (Å²) in [7, 11) is -1.94. The SMILES string of the molecule is COOSc1cc2cc(S(=O)(=O)OC)c(N=Nc3ccccc3)c(N)c2c(O)c1N=Nc1ccccc1. The fourth-order valence-corrected chi connectivity index (χ4v) is 4.70. The van der Waals surface area contributed by atoms with Gasteiger partial charge in [-0.25, -0.2) is 4.89 Å². The highest BCUT2D eigenvalue weighted by Crippen LogP contribution is 2.49. The van der Waals surface area contributed by atoms with Gasteiger partial charge in [0.25, 0.3) is 10.1 Å². The predicted octanol–water partition coefficient (Wildman–Crippen LogP) is 6.88. The fraction of sp³-hybridized carbons (Fsp3) is 0.0833. The number of phenolic OH excluding ortho intramolecular Hbond substituents is 1. The van der Waals surface area contributed by atoms with Gasteiger partial charge in [-0.1, -0.05) is 36.4 Å². The molecule has 3 N–H and O–H groups in total. The van der Waals surface area contributed by atoms with Crippen LogP contribution in [0.1, 0.15) is 0 Å². The average Bonchev–Trinajstić information content (AvgIpc) is 2.91. The van der Waals surface area contributed by atoms with Crippen molar-refractivity contribution in [3.8, 4) is 5.75 Å². The first-order valence-corrected chi connectivity index (χ1v) is 12.7. The summed E-state index contributed by atoms with van der Waals surface area (Å²) in [6, 6.07) is 20.4. The molecule has 4 aromatic carbocycles. The Morgan fingerprint density at radius 3 is 1.95 bits per heavy atom. The largest absolute Gasteiger partial charge is 0.505 e. The molecule has 0 unspecified atom stereocenters. The van der Waals surface area contributed by atoms with Crippen LogP contribution in [0.15, 0.2) is 103 Å². The summed E-state index contributed by atoms with van der Waals surface area (Å²) in [4.78, 5) is 4.62. The van der Waals surface area contributed by atoms with Crippen molar-refractivity contribution in [2.75, 3.05) is 20.0 Å². The number of benzene rings is 4. The summed E-state index contributed by atoms with van der Waals surface area (Å²) in [5.74, 6) is -0.366. The number of nitrogens with two attached hydrogens (primary N) is 1. The third-order valence-corrected chi connectivity index (χ3v) is 7.02. The van der Waals surface area contributed by atoms with Gasteiger partial charge >= 0.3 is 0 Å². The van der Waals surface area contributed by atoms with Gasteiger partial charge in [0, 0.05) is 0 Å². The molecule has 190 valence electrons. The van der Waals surface area contributed by atoms with Gasteiger partial charge in [-0.15, -0.1) is 10.2 Å². The number of hydrogen-bond acceptors (Lipinski definition) is 12. The first-order chi connectivity index (χ1) is 17.9. The van der Waals surface area contributed by atoms with Crippen molar-refractivity contribution in [3.63, 3.8) is 0 Å². The van der Waals surface area contributed by atoms with Crippen LogP contribution in [0.3, 0.4) is 0 Å². The first kappa shape index (κ1) is 26.2. The quantitative estimate of drug-likeness (QED) is 0.0582. The third-order valence-electron chi connectivity index (χ3n) is 5.04. The van der Waals surface area contributed by atoms with Gasteiger partial charge in [0.1, 0.15) is 16.3 Å². The van der Waals surface area contributed by atoms with Gasteiger partial charge in [0.15, 0.2) is 5.75 Å². The van der Waals surface area contributed by atoms with Crippen molar-refractivity contribution in [1.29, 1.82) is 0 Å². The van der Waals surface area contributed by atoms with Crippen LogP contribution in [0, 0.1) is 0 Å². The van der Waals surface area contributed by atoms with Gasteiger partial charge in [0.05, 0.1) is 53.6 Å². The van der Waals surface area contributed by atoms with Gasteiger partial charge in [0.2, 0.25) is 0 Å². The molecular formula is C24H21N5O6S2. The zero-order valence-electron chi connectivity index (χ0n) is 19.6. The zero-order chi connectivity index (χ0) is 26.4. The van der Waals surface area contributed by atoms with Crippen LogP contribution >= 0.6 is 12.0 Å². The molecule has 0 heterocycles. The molecule has 0 bridgehead atoms. The monoisotopic (exact) mass is 539 g/mol. The lowest BCUT2D eigenvalue weighted by molar-refractivity contribution is -0.160. The lowest BCUT2D eigenvalue weighted by atomic mass is 10.1. The van der Waals surface area contributed by atoms with E-state index >= 15 is 0 Å². The summed E-state index contributed by atoms with van der Waals surface area (Å²) in [5, 5.41) is 28.2. The van der Waals surface area contributed by atoms with Crippen LogP contribution in [0.2, 0.25) is 0 Å². The number of fused-ring (bicyclic) bond motifs is 1. The van der Waals surface area contributed by atoms with Crippen molar-refractivity contribution in [2.24, 2.45) is 20.5 Å². The van der Waals surface area contributed by atoms with Gasteiger partial charge < -0.3 is 10.8 Å². The minimum Gasteiger partial charge on any atom is -0.505 e. The van der Waals surface area contributed by atoms with Crippen molar-refractivity contribution < 1.29 is 26.9 Å². The van der Waals surface area contributed by atoms with Gasteiger partial charge in [-0.2, -0.15) is 23.0 Å².